The number of rotatable bonds is 4. The number of hydrogen-bond donors (Lipinski definition) is 2. The summed E-state index contributed by atoms with van der Waals surface area (Å²) in [5.41, 5.74) is 5.93. The van der Waals surface area contributed by atoms with Crippen molar-refractivity contribution in [3.05, 3.63) is 71.3 Å². The lowest BCUT2D eigenvalue weighted by Crippen LogP contribution is -2.41. The maximum Gasteiger partial charge on any atom is 0.240 e. The number of thioether (sulfide) groups is 1. The van der Waals surface area contributed by atoms with Crippen molar-refractivity contribution in [2.24, 2.45) is 0 Å². The largest absolute Gasteiger partial charge is 0.325 e. The van der Waals surface area contributed by atoms with Crippen LogP contribution in [0.4, 0.5) is 10.1 Å². The maximum absolute atomic E-state index is 13.4. The quantitative estimate of drug-likeness (QED) is 0.703. The number of aromatic nitrogens is 3. The van der Waals surface area contributed by atoms with Crippen molar-refractivity contribution in [3.8, 4) is 0 Å². The third-order valence-corrected chi connectivity index (χ3v) is 5.93. The zero-order valence-electron chi connectivity index (χ0n) is 15.5. The Kier molecular flexibility index (Phi) is 5.04. The Labute approximate surface area is 166 Å². The van der Waals surface area contributed by atoms with Crippen LogP contribution in [-0.2, 0) is 11.2 Å². The third-order valence-electron chi connectivity index (χ3n) is 4.71. The molecule has 1 aromatic heterocycles. The van der Waals surface area contributed by atoms with Crippen molar-refractivity contribution in [2.75, 3.05) is 10.7 Å². The Morgan fingerprint density at radius 2 is 1.96 bits per heavy atom. The van der Waals surface area contributed by atoms with E-state index in [1.807, 2.05) is 42.8 Å². The molecule has 1 aliphatic rings. The van der Waals surface area contributed by atoms with Crippen LogP contribution in [0.15, 0.2) is 53.7 Å². The normalized spacial score (nSPS) is 18.2. The van der Waals surface area contributed by atoms with E-state index in [4.69, 9.17) is 0 Å². The minimum absolute atomic E-state index is 0.145. The Bertz CT molecular complexity index is 1000. The number of fused-ring (bicyclic) bond motifs is 1. The minimum atomic E-state index is -0.494. The van der Waals surface area contributed by atoms with Crippen LogP contribution in [0.3, 0.4) is 0 Å². The molecule has 3 aromatic rings. The molecule has 1 amide bonds. The fraction of sp³-hybridized carbons (Fsp3) is 0.250. The van der Waals surface area contributed by atoms with E-state index in [2.05, 4.69) is 20.9 Å². The zero-order valence-corrected chi connectivity index (χ0v) is 16.3. The summed E-state index contributed by atoms with van der Waals surface area (Å²) in [5, 5.41) is 11.5. The molecule has 28 heavy (non-hydrogen) atoms. The predicted molar refractivity (Wildman–Crippen MR) is 107 cm³/mol. The predicted octanol–water partition coefficient (Wildman–Crippen LogP) is 3.69. The molecule has 2 aromatic carbocycles. The van der Waals surface area contributed by atoms with Crippen molar-refractivity contribution in [2.45, 2.75) is 36.7 Å². The van der Waals surface area contributed by atoms with Crippen LogP contribution in [0.5, 0.6) is 0 Å². The fourth-order valence-corrected chi connectivity index (χ4v) is 4.26. The molecular weight excluding hydrogens is 377 g/mol. The van der Waals surface area contributed by atoms with Gasteiger partial charge in [0.15, 0.2) is 5.82 Å². The van der Waals surface area contributed by atoms with Crippen LogP contribution < -0.4 is 10.7 Å². The van der Waals surface area contributed by atoms with Gasteiger partial charge >= 0.3 is 0 Å². The molecule has 0 saturated heterocycles. The standard InChI is InChI=1S/C20H20FN5OS/c1-3-16-23-24-20-26(16)25-17(13-8-10-14(21)11-9-13)18(28-20)19(27)22-15-7-5-4-6-12(15)2/h4-11,17-18,25H,3H2,1-2H3,(H,22,27)/t17-,18+/m0/s1. The van der Waals surface area contributed by atoms with Gasteiger partial charge in [0.1, 0.15) is 11.1 Å². The van der Waals surface area contributed by atoms with Gasteiger partial charge in [0, 0.05) is 12.1 Å². The van der Waals surface area contributed by atoms with Gasteiger partial charge in [0.2, 0.25) is 11.1 Å². The number of para-hydroxylation sites is 1. The number of nitrogens with one attached hydrogen (secondary N) is 2. The molecule has 8 heteroatoms. The summed E-state index contributed by atoms with van der Waals surface area (Å²) in [6, 6.07) is 13.5. The number of benzene rings is 2. The minimum Gasteiger partial charge on any atom is -0.325 e. The Morgan fingerprint density at radius 3 is 2.68 bits per heavy atom. The second-order valence-electron chi connectivity index (χ2n) is 6.59. The first-order valence-electron chi connectivity index (χ1n) is 9.06. The topological polar surface area (TPSA) is 71.8 Å². The summed E-state index contributed by atoms with van der Waals surface area (Å²) in [6.07, 6.45) is 0.705. The van der Waals surface area contributed by atoms with Crippen molar-refractivity contribution in [3.63, 3.8) is 0 Å². The highest BCUT2D eigenvalue weighted by Crippen LogP contribution is 2.37. The van der Waals surface area contributed by atoms with Crippen molar-refractivity contribution in [1.82, 2.24) is 14.9 Å². The second kappa shape index (κ2) is 7.63. The zero-order chi connectivity index (χ0) is 19.7. The Balaban J connectivity index is 1.68. The molecule has 1 aliphatic heterocycles. The van der Waals surface area contributed by atoms with Gasteiger partial charge < -0.3 is 10.7 Å². The molecule has 0 fully saturated rings. The molecular formula is C20H20FN5OS. The average Bonchev–Trinajstić information content (AvgIpc) is 3.11. The lowest BCUT2D eigenvalue weighted by atomic mass is 10.0. The van der Waals surface area contributed by atoms with Crippen LogP contribution in [0.2, 0.25) is 0 Å². The molecule has 2 heterocycles. The molecule has 0 aliphatic carbocycles. The number of carbonyl (C=O) groups excluding carboxylic acids is 1. The molecule has 4 rings (SSSR count). The summed E-state index contributed by atoms with van der Waals surface area (Å²) < 4.78 is 15.2. The lowest BCUT2D eigenvalue weighted by molar-refractivity contribution is -0.116. The van der Waals surface area contributed by atoms with Gasteiger partial charge in [0.05, 0.1) is 6.04 Å². The SMILES string of the molecule is CCc1nnc2n1N[C@@H](c1ccc(F)cc1)[C@H](C(=O)Nc1ccccc1C)S2. The number of carbonyl (C=O) groups is 1. The van der Waals surface area contributed by atoms with E-state index < -0.39 is 5.25 Å². The third kappa shape index (κ3) is 3.47. The van der Waals surface area contributed by atoms with Crippen molar-refractivity contribution >= 4 is 23.4 Å². The van der Waals surface area contributed by atoms with Crippen molar-refractivity contribution in [1.29, 1.82) is 0 Å². The highest BCUT2D eigenvalue weighted by molar-refractivity contribution is 8.00. The molecule has 0 spiro atoms. The number of anilines is 1. The van der Waals surface area contributed by atoms with Crippen LogP contribution >= 0.6 is 11.8 Å². The van der Waals surface area contributed by atoms with E-state index in [9.17, 15) is 9.18 Å². The number of halogens is 1. The number of hydrogen-bond acceptors (Lipinski definition) is 5. The van der Waals surface area contributed by atoms with E-state index in [-0.39, 0.29) is 17.8 Å². The summed E-state index contributed by atoms with van der Waals surface area (Å²) in [7, 11) is 0. The van der Waals surface area contributed by atoms with Gasteiger partial charge in [-0.2, -0.15) is 0 Å². The smallest absolute Gasteiger partial charge is 0.240 e. The van der Waals surface area contributed by atoms with E-state index >= 15 is 0 Å². The molecule has 0 radical (unpaired) electrons. The van der Waals surface area contributed by atoms with Crippen molar-refractivity contribution < 1.29 is 9.18 Å². The van der Waals surface area contributed by atoms with Gasteiger partial charge in [0.25, 0.3) is 0 Å². The number of nitrogens with zero attached hydrogens (tertiary/aromatic N) is 3. The summed E-state index contributed by atoms with van der Waals surface area (Å²) >= 11 is 1.35. The molecule has 6 nitrogen and oxygen atoms in total. The molecule has 144 valence electrons. The molecule has 0 bridgehead atoms. The first-order valence-corrected chi connectivity index (χ1v) is 9.94. The highest BCUT2D eigenvalue weighted by Gasteiger charge is 2.37. The van der Waals surface area contributed by atoms with Crippen LogP contribution in [0.25, 0.3) is 0 Å². The molecule has 0 saturated carbocycles. The number of amides is 1. The maximum atomic E-state index is 13.4. The average molecular weight is 397 g/mol. The van der Waals surface area contributed by atoms with E-state index in [0.717, 1.165) is 22.6 Å². The summed E-state index contributed by atoms with van der Waals surface area (Å²) in [6.45, 7) is 3.94. The van der Waals surface area contributed by atoms with E-state index in [1.165, 1.54) is 23.9 Å². The summed E-state index contributed by atoms with van der Waals surface area (Å²) in [5.74, 6) is 0.327. The van der Waals surface area contributed by atoms with Crippen LogP contribution in [0.1, 0.15) is 29.9 Å². The second-order valence-corrected chi connectivity index (χ2v) is 7.70. The number of aryl methyl sites for hydroxylation is 2. The van der Waals surface area contributed by atoms with Crippen LogP contribution in [-0.4, -0.2) is 26.0 Å². The molecule has 2 N–H and O–H groups in total. The van der Waals surface area contributed by atoms with Gasteiger partial charge in [-0.25, -0.2) is 9.07 Å². The lowest BCUT2D eigenvalue weighted by Gasteiger charge is -2.33. The van der Waals surface area contributed by atoms with Gasteiger partial charge in [-0.1, -0.05) is 49.0 Å². The van der Waals surface area contributed by atoms with Gasteiger partial charge in [-0.3, -0.25) is 4.79 Å². The first-order chi connectivity index (χ1) is 13.6. The fourth-order valence-electron chi connectivity index (χ4n) is 3.16. The molecule has 0 unspecified atom stereocenters. The van der Waals surface area contributed by atoms with Gasteiger partial charge in [-0.05, 0) is 36.2 Å². The monoisotopic (exact) mass is 397 g/mol. The Morgan fingerprint density at radius 1 is 1.21 bits per heavy atom. The molecule has 2 atom stereocenters. The van der Waals surface area contributed by atoms with Gasteiger partial charge in [-0.15, -0.1) is 10.2 Å². The van der Waals surface area contributed by atoms with E-state index in [0.29, 0.717) is 11.6 Å². The summed E-state index contributed by atoms with van der Waals surface area (Å²) in [4.78, 5) is 13.2. The Hall–Kier alpha value is -2.87. The first kappa shape index (κ1) is 18.5. The van der Waals surface area contributed by atoms with Crippen LogP contribution in [0, 0.1) is 12.7 Å². The highest BCUT2D eigenvalue weighted by atomic mass is 32.2. The van der Waals surface area contributed by atoms with E-state index in [1.54, 1.807) is 12.1 Å².